The van der Waals surface area contributed by atoms with Crippen molar-refractivity contribution < 1.29 is 13.9 Å². The molecule has 2 atom stereocenters. The fourth-order valence-electron chi connectivity index (χ4n) is 3.45. The average molecular weight is 415 g/mol. The number of methoxy groups -OCH3 is 1. The lowest BCUT2D eigenvalue weighted by Gasteiger charge is -2.18. The normalized spacial score (nSPS) is 17.7. The summed E-state index contributed by atoms with van der Waals surface area (Å²) in [6, 6.07) is 6.11. The lowest BCUT2D eigenvalue weighted by Crippen LogP contribution is -2.31. The van der Waals surface area contributed by atoms with Crippen LogP contribution in [0.2, 0.25) is 0 Å². The first-order valence-electron chi connectivity index (χ1n) is 9.44. The average Bonchev–Trinajstić information content (AvgIpc) is 3.32. The van der Waals surface area contributed by atoms with E-state index >= 15 is 0 Å². The van der Waals surface area contributed by atoms with Gasteiger partial charge >= 0.3 is 0 Å². The van der Waals surface area contributed by atoms with Gasteiger partial charge in [-0.3, -0.25) is 4.79 Å². The minimum atomic E-state index is -0.305. The second-order valence-corrected chi connectivity index (χ2v) is 8.30. The fourth-order valence-corrected chi connectivity index (χ4v) is 4.29. The van der Waals surface area contributed by atoms with Crippen LogP contribution in [0.4, 0.5) is 10.3 Å². The molecule has 1 aliphatic rings. The highest BCUT2D eigenvalue weighted by Gasteiger charge is 2.30. The number of anilines is 1. The van der Waals surface area contributed by atoms with Crippen LogP contribution in [0.15, 0.2) is 24.3 Å². The lowest BCUT2D eigenvalue weighted by atomic mass is 10.1. The summed E-state index contributed by atoms with van der Waals surface area (Å²) in [5, 5.41) is 3.99. The highest BCUT2D eigenvalue weighted by Crippen LogP contribution is 2.28. The van der Waals surface area contributed by atoms with Crippen molar-refractivity contribution in [1.82, 2.24) is 19.9 Å². The number of hydrogen-bond acceptors (Lipinski definition) is 7. The first-order valence-corrected chi connectivity index (χ1v) is 10.3. The molecule has 3 aromatic rings. The van der Waals surface area contributed by atoms with E-state index < -0.39 is 0 Å². The molecule has 7 nitrogen and oxygen atoms in total. The molecule has 0 saturated carbocycles. The van der Waals surface area contributed by atoms with E-state index in [1.807, 2.05) is 19.9 Å². The van der Waals surface area contributed by atoms with Crippen molar-refractivity contribution in [3.63, 3.8) is 0 Å². The molecule has 1 saturated heterocycles. The SMILES string of the molecule is CO[C@H]1CCN(C(=O)c2nc(N[C@@H](C)c3cccc(F)c3)nc3nc(C)sc23)C1. The number of benzene rings is 1. The number of carbonyl (C=O) groups excluding carboxylic acids is 1. The molecule has 152 valence electrons. The van der Waals surface area contributed by atoms with Gasteiger partial charge in [0.25, 0.3) is 5.91 Å². The second-order valence-electron chi connectivity index (χ2n) is 7.10. The summed E-state index contributed by atoms with van der Waals surface area (Å²) in [6.07, 6.45) is 0.852. The van der Waals surface area contributed by atoms with Crippen LogP contribution in [-0.4, -0.2) is 52.1 Å². The van der Waals surface area contributed by atoms with E-state index in [1.54, 1.807) is 18.1 Å². The van der Waals surface area contributed by atoms with Gasteiger partial charge in [-0.1, -0.05) is 12.1 Å². The standard InChI is InChI=1S/C20H22FN5O2S/c1-11(13-5-4-6-14(21)9-13)22-20-24-16(17-18(25-20)23-12(2)29-17)19(27)26-8-7-15(10-26)28-3/h4-6,9,11,15H,7-8,10H2,1-3H3,(H,22,24,25)/t11-,15-/m0/s1. The number of nitrogens with one attached hydrogen (secondary N) is 1. The number of rotatable bonds is 5. The van der Waals surface area contributed by atoms with Crippen molar-refractivity contribution in [3.8, 4) is 0 Å². The van der Waals surface area contributed by atoms with E-state index in [0.717, 1.165) is 17.0 Å². The van der Waals surface area contributed by atoms with Crippen molar-refractivity contribution >= 4 is 33.5 Å². The van der Waals surface area contributed by atoms with E-state index in [2.05, 4.69) is 20.3 Å². The highest BCUT2D eigenvalue weighted by molar-refractivity contribution is 7.18. The van der Waals surface area contributed by atoms with Gasteiger partial charge in [-0.05, 0) is 38.0 Å². The molecule has 1 fully saturated rings. The molecule has 1 aromatic carbocycles. The third kappa shape index (κ3) is 4.06. The van der Waals surface area contributed by atoms with Gasteiger partial charge in [0, 0.05) is 20.2 Å². The Hall–Kier alpha value is -2.65. The maximum atomic E-state index is 13.6. The van der Waals surface area contributed by atoms with Crippen LogP contribution >= 0.6 is 11.3 Å². The quantitative estimate of drug-likeness (QED) is 0.686. The Balaban J connectivity index is 1.66. The van der Waals surface area contributed by atoms with Gasteiger partial charge in [-0.2, -0.15) is 4.98 Å². The molecular weight excluding hydrogens is 393 g/mol. The number of hydrogen-bond donors (Lipinski definition) is 1. The molecule has 3 heterocycles. The van der Waals surface area contributed by atoms with E-state index in [0.29, 0.717) is 35.1 Å². The number of amides is 1. The van der Waals surface area contributed by atoms with Crippen molar-refractivity contribution in [2.24, 2.45) is 0 Å². The number of nitrogens with zero attached hydrogens (tertiary/aromatic N) is 4. The Morgan fingerprint density at radius 2 is 2.21 bits per heavy atom. The Bertz CT molecular complexity index is 1060. The Morgan fingerprint density at radius 1 is 1.38 bits per heavy atom. The maximum Gasteiger partial charge on any atom is 0.274 e. The van der Waals surface area contributed by atoms with Crippen molar-refractivity contribution in [1.29, 1.82) is 0 Å². The van der Waals surface area contributed by atoms with Crippen LogP contribution < -0.4 is 5.32 Å². The van der Waals surface area contributed by atoms with Crippen LogP contribution in [0, 0.1) is 12.7 Å². The summed E-state index contributed by atoms with van der Waals surface area (Å²) >= 11 is 1.41. The molecule has 0 spiro atoms. The summed E-state index contributed by atoms with van der Waals surface area (Å²) in [4.78, 5) is 28.4. The molecule has 0 radical (unpaired) electrons. The number of ether oxygens (including phenoxy) is 1. The Kier molecular flexibility index (Phi) is 5.42. The molecular formula is C20H22FN5O2S. The largest absolute Gasteiger partial charge is 0.380 e. The third-order valence-electron chi connectivity index (χ3n) is 5.02. The third-order valence-corrected chi connectivity index (χ3v) is 5.99. The van der Waals surface area contributed by atoms with E-state index in [4.69, 9.17) is 4.74 Å². The van der Waals surface area contributed by atoms with Crippen molar-refractivity contribution in [2.45, 2.75) is 32.4 Å². The molecule has 0 bridgehead atoms. The summed E-state index contributed by atoms with van der Waals surface area (Å²) < 4.78 is 19.6. The highest BCUT2D eigenvalue weighted by atomic mass is 32.1. The molecule has 1 amide bonds. The summed E-state index contributed by atoms with van der Waals surface area (Å²) in [5.74, 6) is -0.160. The maximum absolute atomic E-state index is 13.6. The predicted molar refractivity (Wildman–Crippen MR) is 110 cm³/mol. The smallest absolute Gasteiger partial charge is 0.274 e. The lowest BCUT2D eigenvalue weighted by molar-refractivity contribution is 0.0721. The molecule has 0 unspecified atom stereocenters. The molecule has 2 aromatic heterocycles. The van der Waals surface area contributed by atoms with Gasteiger partial charge in [0.15, 0.2) is 11.3 Å². The first kappa shape index (κ1) is 19.7. The summed E-state index contributed by atoms with van der Waals surface area (Å²) in [7, 11) is 1.66. The Morgan fingerprint density at radius 3 is 2.93 bits per heavy atom. The van der Waals surface area contributed by atoms with Gasteiger partial charge in [-0.25, -0.2) is 14.4 Å². The van der Waals surface area contributed by atoms with Crippen LogP contribution in [-0.2, 0) is 4.74 Å². The van der Waals surface area contributed by atoms with Crippen LogP contribution in [0.25, 0.3) is 10.3 Å². The topological polar surface area (TPSA) is 80.2 Å². The van der Waals surface area contributed by atoms with E-state index in [1.165, 1.54) is 23.5 Å². The molecule has 1 aliphatic heterocycles. The number of fused-ring (bicyclic) bond motifs is 1. The van der Waals surface area contributed by atoms with E-state index in [-0.39, 0.29) is 23.9 Å². The fraction of sp³-hybridized carbons (Fsp3) is 0.400. The number of likely N-dealkylation sites (tertiary alicyclic amines) is 1. The van der Waals surface area contributed by atoms with Crippen LogP contribution in [0.3, 0.4) is 0 Å². The van der Waals surface area contributed by atoms with Gasteiger partial charge < -0.3 is 15.0 Å². The molecule has 1 N–H and O–H groups in total. The molecule has 0 aliphatic carbocycles. The second kappa shape index (κ2) is 8.00. The Labute approximate surface area is 171 Å². The number of halogens is 1. The number of thiazole rings is 1. The zero-order valence-corrected chi connectivity index (χ0v) is 17.3. The molecule has 29 heavy (non-hydrogen) atoms. The van der Waals surface area contributed by atoms with Gasteiger partial charge in [-0.15, -0.1) is 11.3 Å². The number of aryl methyl sites for hydroxylation is 1. The van der Waals surface area contributed by atoms with Crippen LogP contribution in [0.1, 0.15) is 40.4 Å². The van der Waals surface area contributed by atoms with Gasteiger partial charge in [0.1, 0.15) is 10.5 Å². The monoisotopic (exact) mass is 415 g/mol. The predicted octanol–water partition coefficient (Wildman–Crippen LogP) is 3.57. The van der Waals surface area contributed by atoms with Gasteiger partial charge in [0.2, 0.25) is 5.95 Å². The zero-order chi connectivity index (χ0) is 20.5. The van der Waals surface area contributed by atoms with Crippen molar-refractivity contribution in [2.75, 3.05) is 25.5 Å². The molecule has 4 rings (SSSR count). The zero-order valence-electron chi connectivity index (χ0n) is 16.5. The minimum Gasteiger partial charge on any atom is -0.380 e. The van der Waals surface area contributed by atoms with Crippen LogP contribution in [0.5, 0.6) is 0 Å². The van der Waals surface area contributed by atoms with Crippen molar-refractivity contribution in [3.05, 3.63) is 46.3 Å². The molecule has 9 heteroatoms. The first-order chi connectivity index (χ1) is 13.9. The number of carbonyl (C=O) groups is 1. The van der Waals surface area contributed by atoms with E-state index in [9.17, 15) is 9.18 Å². The summed E-state index contributed by atoms with van der Waals surface area (Å²) in [6.45, 7) is 4.93. The van der Waals surface area contributed by atoms with Gasteiger partial charge in [0.05, 0.1) is 17.2 Å². The summed E-state index contributed by atoms with van der Waals surface area (Å²) in [5.41, 5.74) is 1.59. The minimum absolute atomic E-state index is 0.0464. The number of aromatic nitrogens is 3.